The van der Waals surface area contributed by atoms with Gasteiger partial charge in [-0.05, 0) is 30.3 Å². The molecule has 32 heavy (non-hydrogen) atoms. The monoisotopic (exact) mass is 446 g/mol. The molecule has 2 heterocycles. The number of aromatic nitrogens is 1. The van der Waals surface area contributed by atoms with Gasteiger partial charge in [-0.2, -0.15) is 0 Å². The Morgan fingerprint density at radius 1 is 1.06 bits per heavy atom. The van der Waals surface area contributed by atoms with Crippen molar-refractivity contribution in [2.75, 3.05) is 17.2 Å². The van der Waals surface area contributed by atoms with Crippen LogP contribution in [0.15, 0.2) is 60.5 Å². The van der Waals surface area contributed by atoms with Gasteiger partial charge < -0.3 is 5.32 Å². The first kappa shape index (κ1) is 21.1. The van der Waals surface area contributed by atoms with Crippen LogP contribution >= 0.6 is 11.3 Å². The van der Waals surface area contributed by atoms with Crippen molar-refractivity contribution in [2.24, 2.45) is 0 Å². The molecule has 0 unspecified atom stereocenters. The molecule has 4 rings (SSSR count). The lowest BCUT2D eigenvalue weighted by Gasteiger charge is -2.09. The summed E-state index contributed by atoms with van der Waals surface area (Å²) in [5, 5.41) is 7.63. The zero-order chi connectivity index (χ0) is 22.8. The van der Waals surface area contributed by atoms with E-state index in [-0.39, 0.29) is 29.1 Å². The van der Waals surface area contributed by atoms with Crippen LogP contribution < -0.4 is 10.6 Å². The Morgan fingerprint density at radius 2 is 1.78 bits per heavy atom. The average Bonchev–Trinajstić information content (AvgIpc) is 3.33. The second-order valence-corrected chi connectivity index (χ2v) is 7.88. The quantitative estimate of drug-likeness (QED) is 0.442. The summed E-state index contributed by atoms with van der Waals surface area (Å²) in [5.74, 6) is -1.43. The summed E-state index contributed by atoms with van der Waals surface area (Å²) in [5.41, 5.74) is 2.91. The van der Waals surface area contributed by atoms with Gasteiger partial charge in [-0.3, -0.25) is 29.4 Å². The molecule has 0 atom stereocenters. The summed E-state index contributed by atoms with van der Waals surface area (Å²) in [7, 11) is 0. The van der Waals surface area contributed by atoms with Crippen molar-refractivity contribution in [3.63, 3.8) is 0 Å². The number of thiazole rings is 1. The Kier molecular flexibility index (Phi) is 5.65. The second-order valence-electron chi connectivity index (χ2n) is 7.02. The van der Waals surface area contributed by atoms with Crippen molar-refractivity contribution in [1.82, 2.24) is 9.88 Å². The van der Waals surface area contributed by atoms with E-state index in [1.54, 1.807) is 17.5 Å². The van der Waals surface area contributed by atoms with Crippen LogP contribution in [0.25, 0.3) is 11.3 Å². The minimum Gasteiger partial charge on any atom is -0.326 e. The van der Waals surface area contributed by atoms with Crippen LogP contribution in [0.4, 0.5) is 10.8 Å². The fraction of sp³-hybridized carbons (Fsp3) is 0.0870. The largest absolute Gasteiger partial charge is 0.326 e. The summed E-state index contributed by atoms with van der Waals surface area (Å²) < 4.78 is 0. The molecule has 0 aliphatic carbocycles. The summed E-state index contributed by atoms with van der Waals surface area (Å²) in [6.45, 7) is 5.11. The number of benzene rings is 2. The molecule has 3 aromatic rings. The van der Waals surface area contributed by atoms with Crippen molar-refractivity contribution in [2.45, 2.75) is 6.92 Å². The lowest BCUT2D eigenvalue weighted by molar-refractivity contribution is -0.114. The summed E-state index contributed by atoms with van der Waals surface area (Å²) >= 11 is 1.26. The molecule has 1 aromatic heterocycles. The Labute approximate surface area is 187 Å². The van der Waals surface area contributed by atoms with Gasteiger partial charge in [0.25, 0.3) is 17.7 Å². The lowest BCUT2D eigenvalue weighted by Crippen LogP contribution is -2.29. The molecule has 160 valence electrons. The van der Waals surface area contributed by atoms with E-state index in [1.807, 2.05) is 12.1 Å². The smallest absolute Gasteiger partial charge is 0.261 e. The van der Waals surface area contributed by atoms with Crippen LogP contribution in [-0.2, 0) is 4.79 Å². The summed E-state index contributed by atoms with van der Waals surface area (Å²) in [4.78, 5) is 54.1. The van der Waals surface area contributed by atoms with Crippen LogP contribution in [0.3, 0.4) is 0 Å². The number of fused-ring (bicyclic) bond motifs is 1. The van der Waals surface area contributed by atoms with Crippen LogP contribution in [0.5, 0.6) is 0 Å². The third-order valence-electron chi connectivity index (χ3n) is 4.77. The fourth-order valence-corrected chi connectivity index (χ4v) is 4.00. The molecule has 8 nitrogen and oxygen atoms in total. The van der Waals surface area contributed by atoms with Gasteiger partial charge in [-0.1, -0.05) is 18.2 Å². The highest BCUT2D eigenvalue weighted by molar-refractivity contribution is 7.14. The molecule has 2 N–H and O–H groups in total. The number of amides is 4. The highest BCUT2D eigenvalue weighted by atomic mass is 32.1. The third-order valence-corrected chi connectivity index (χ3v) is 5.53. The van der Waals surface area contributed by atoms with E-state index >= 15 is 0 Å². The van der Waals surface area contributed by atoms with Gasteiger partial charge in [-0.15, -0.1) is 17.9 Å². The van der Waals surface area contributed by atoms with Gasteiger partial charge in [-0.25, -0.2) is 4.98 Å². The third kappa shape index (κ3) is 4.06. The van der Waals surface area contributed by atoms with Crippen molar-refractivity contribution >= 4 is 45.8 Å². The van der Waals surface area contributed by atoms with E-state index < -0.39 is 17.7 Å². The van der Waals surface area contributed by atoms with Crippen molar-refractivity contribution in [1.29, 1.82) is 0 Å². The maximum atomic E-state index is 12.7. The van der Waals surface area contributed by atoms with E-state index in [0.717, 1.165) is 10.5 Å². The van der Waals surface area contributed by atoms with Crippen LogP contribution in [0, 0.1) is 0 Å². The molecule has 0 saturated carbocycles. The second kappa shape index (κ2) is 8.56. The molecular weight excluding hydrogens is 428 g/mol. The molecular formula is C23H18N4O4S. The maximum Gasteiger partial charge on any atom is 0.261 e. The van der Waals surface area contributed by atoms with Gasteiger partial charge in [0.15, 0.2) is 5.13 Å². The molecule has 1 aliphatic rings. The number of carbonyl (C=O) groups is 4. The molecule has 0 spiro atoms. The standard InChI is InChI=1S/C23H18N4O4S/c1-3-10-27-21(30)17-9-6-15(11-18(17)22(27)31)20(29)26-23-25-19(12-32-23)14-4-7-16(8-5-14)24-13(2)28/h3-9,11-12H,1,10H2,2H3,(H,24,28)(H,25,26,29). The predicted octanol–water partition coefficient (Wildman–Crippen LogP) is 3.80. The number of anilines is 2. The molecule has 0 radical (unpaired) electrons. The van der Waals surface area contributed by atoms with Crippen LogP contribution in [-0.4, -0.2) is 40.1 Å². The molecule has 0 fully saturated rings. The highest BCUT2D eigenvalue weighted by Gasteiger charge is 2.35. The normalized spacial score (nSPS) is 12.5. The number of carbonyl (C=O) groups excluding carboxylic acids is 4. The van der Waals surface area contributed by atoms with Crippen molar-refractivity contribution in [3.05, 3.63) is 77.2 Å². The maximum absolute atomic E-state index is 12.7. The SMILES string of the molecule is C=CCN1C(=O)c2ccc(C(=O)Nc3nc(-c4ccc(NC(C)=O)cc4)cs3)cc2C1=O. The number of hydrogen-bond donors (Lipinski definition) is 2. The van der Waals surface area contributed by atoms with Gasteiger partial charge in [0.1, 0.15) is 0 Å². The zero-order valence-corrected chi connectivity index (χ0v) is 17.9. The van der Waals surface area contributed by atoms with E-state index in [4.69, 9.17) is 0 Å². The van der Waals surface area contributed by atoms with E-state index in [9.17, 15) is 19.2 Å². The summed E-state index contributed by atoms with van der Waals surface area (Å²) in [6, 6.07) is 11.6. The fourth-order valence-electron chi connectivity index (χ4n) is 3.29. The van der Waals surface area contributed by atoms with Gasteiger partial charge in [0.2, 0.25) is 5.91 Å². The predicted molar refractivity (Wildman–Crippen MR) is 122 cm³/mol. The first-order chi connectivity index (χ1) is 15.4. The first-order valence-corrected chi connectivity index (χ1v) is 10.5. The van der Waals surface area contributed by atoms with Crippen LogP contribution in [0.2, 0.25) is 0 Å². The Balaban J connectivity index is 1.49. The van der Waals surface area contributed by atoms with E-state index in [0.29, 0.717) is 16.5 Å². The Hall–Kier alpha value is -4.11. The van der Waals surface area contributed by atoms with Crippen LogP contribution in [0.1, 0.15) is 38.0 Å². The van der Waals surface area contributed by atoms with E-state index in [1.165, 1.54) is 42.5 Å². The first-order valence-electron chi connectivity index (χ1n) is 9.63. The van der Waals surface area contributed by atoms with Crippen molar-refractivity contribution in [3.8, 4) is 11.3 Å². The van der Waals surface area contributed by atoms with Gasteiger partial charge in [0, 0.05) is 35.7 Å². The number of nitrogens with zero attached hydrogens (tertiary/aromatic N) is 2. The number of nitrogens with one attached hydrogen (secondary N) is 2. The van der Waals surface area contributed by atoms with Crippen molar-refractivity contribution < 1.29 is 19.2 Å². The number of imide groups is 1. The average molecular weight is 446 g/mol. The minimum atomic E-state index is -0.446. The van der Waals surface area contributed by atoms with E-state index in [2.05, 4.69) is 22.2 Å². The van der Waals surface area contributed by atoms with Gasteiger partial charge >= 0.3 is 0 Å². The molecule has 1 aliphatic heterocycles. The molecule has 0 bridgehead atoms. The molecule has 9 heteroatoms. The molecule has 4 amide bonds. The highest BCUT2D eigenvalue weighted by Crippen LogP contribution is 2.27. The minimum absolute atomic E-state index is 0.113. The van der Waals surface area contributed by atoms with Gasteiger partial charge in [0.05, 0.1) is 16.8 Å². The zero-order valence-electron chi connectivity index (χ0n) is 17.0. The molecule has 0 saturated heterocycles. The Morgan fingerprint density at radius 3 is 2.47 bits per heavy atom. The topological polar surface area (TPSA) is 108 Å². The number of hydrogen-bond acceptors (Lipinski definition) is 6. The Bertz CT molecular complexity index is 1260. The summed E-state index contributed by atoms with van der Waals surface area (Å²) in [6.07, 6.45) is 1.47. The lowest BCUT2D eigenvalue weighted by atomic mass is 10.1. The molecule has 2 aromatic carbocycles. The number of rotatable bonds is 6.